The summed E-state index contributed by atoms with van der Waals surface area (Å²) in [6.45, 7) is 6.93. The highest BCUT2D eigenvalue weighted by molar-refractivity contribution is 7.93. The van der Waals surface area contributed by atoms with Gasteiger partial charge >= 0.3 is 0 Å². The van der Waals surface area contributed by atoms with E-state index in [0.29, 0.717) is 33.9 Å². The van der Waals surface area contributed by atoms with Crippen LogP contribution in [0.4, 0.5) is 5.95 Å². The van der Waals surface area contributed by atoms with Gasteiger partial charge < -0.3 is 14.0 Å². The molecule has 0 aliphatic carbocycles. The number of ether oxygens (including phenoxy) is 2. The molecule has 0 aromatic carbocycles. The summed E-state index contributed by atoms with van der Waals surface area (Å²) < 4.78 is 47.4. The number of pyridine rings is 1. The van der Waals surface area contributed by atoms with Crippen molar-refractivity contribution in [3.8, 4) is 17.4 Å². The minimum absolute atomic E-state index is 0.0316. The third-order valence-corrected chi connectivity index (χ3v) is 7.94. The molecule has 4 aromatic rings. The smallest absolute Gasteiger partial charge is 0.240 e. The first kappa shape index (κ1) is 27.4. The number of rotatable bonds is 10. The Kier molecular flexibility index (Phi) is 7.94. The van der Waals surface area contributed by atoms with Crippen LogP contribution in [0.15, 0.2) is 35.1 Å². The zero-order chi connectivity index (χ0) is 27.6. The second-order valence-corrected chi connectivity index (χ2v) is 10.9. The standard InChI is InChI=1S/C23H27ClN8O5S/c1-12-19(14(3)37-30-12)13(2)32-22(17-8-7-9-18(27-17)35-5)28-29-23(32)31-38(33,34)15(4)20(36-6)21-25-10-16(24)11-26-21/h7-11,13,15,20H,1-6H3,(H,29,31). The molecule has 4 heterocycles. The number of hydrogen-bond donors (Lipinski definition) is 1. The lowest BCUT2D eigenvalue weighted by atomic mass is 10.1. The lowest BCUT2D eigenvalue weighted by Gasteiger charge is -2.23. The quantitative estimate of drug-likeness (QED) is 0.301. The Hall–Kier alpha value is -3.62. The fourth-order valence-electron chi connectivity index (χ4n) is 4.13. The van der Waals surface area contributed by atoms with Gasteiger partial charge in [0.15, 0.2) is 11.6 Å². The molecule has 0 aliphatic heterocycles. The number of hydrogen-bond acceptors (Lipinski definition) is 11. The summed E-state index contributed by atoms with van der Waals surface area (Å²) in [5.74, 6) is 1.39. The Morgan fingerprint density at radius 1 is 1.11 bits per heavy atom. The molecule has 4 aromatic heterocycles. The molecule has 0 saturated heterocycles. The maximum Gasteiger partial charge on any atom is 0.240 e. The highest BCUT2D eigenvalue weighted by Gasteiger charge is 2.35. The van der Waals surface area contributed by atoms with Gasteiger partial charge in [-0.25, -0.2) is 23.4 Å². The van der Waals surface area contributed by atoms with Gasteiger partial charge in [0.05, 0.1) is 23.9 Å². The number of sulfonamides is 1. The van der Waals surface area contributed by atoms with E-state index in [4.69, 9.17) is 25.6 Å². The predicted molar refractivity (Wildman–Crippen MR) is 138 cm³/mol. The Morgan fingerprint density at radius 2 is 1.82 bits per heavy atom. The molecular weight excluding hydrogens is 536 g/mol. The Bertz CT molecular complexity index is 1500. The van der Waals surface area contributed by atoms with Gasteiger partial charge in [-0.3, -0.25) is 9.29 Å². The van der Waals surface area contributed by atoms with Crippen LogP contribution in [0.5, 0.6) is 5.88 Å². The van der Waals surface area contributed by atoms with Crippen molar-refractivity contribution < 1.29 is 22.4 Å². The van der Waals surface area contributed by atoms with Gasteiger partial charge in [-0.05, 0) is 33.8 Å². The van der Waals surface area contributed by atoms with Gasteiger partial charge in [0, 0.05) is 31.1 Å². The van der Waals surface area contributed by atoms with Crippen LogP contribution in [0, 0.1) is 13.8 Å². The number of anilines is 1. The Balaban J connectivity index is 1.78. The molecule has 1 N–H and O–H groups in total. The molecule has 38 heavy (non-hydrogen) atoms. The molecule has 0 amide bonds. The Labute approximate surface area is 224 Å². The fraction of sp³-hybridized carbons (Fsp3) is 0.391. The summed E-state index contributed by atoms with van der Waals surface area (Å²) in [6, 6.07) is 4.69. The van der Waals surface area contributed by atoms with Gasteiger partial charge in [0.1, 0.15) is 22.8 Å². The van der Waals surface area contributed by atoms with Crippen LogP contribution in [-0.4, -0.2) is 62.8 Å². The van der Waals surface area contributed by atoms with E-state index in [2.05, 4.69) is 35.0 Å². The lowest BCUT2D eigenvalue weighted by molar-refractivity contribution is 0.0950. The number of nitrogens with one attached hydrogen (secondary N) is 1. The summed E-state index contributed by atoms with van der Waals surface area (Å²) >= 11 is 5.88. The first-order valence-corrected chi connectivity index (χ1v) is 13.4. The second-order valence-electron chi connectivity index (χ2n) is 8.46. The minimum Gasteiger partial charge on any atom is -0.481 e. The Morgan fingerprint density at radius 3 is 2.42 bits per heavy atom. The first-order valence-electron chi connectivity index (χ1n) is 11.5. The summed E-state index contributed by atoms with van der Waals surface area (Å²) in [6.07, 6.45) is 1.76. The molecule has 0 fully saturated rings. The average molecular weight is 563 g/mol. The van der Waals surface area contributed by atoms with Crippen LogP contribution in [-0.2, 0) is 14.8 Å². The van der Waals surface area contributed by atoms with Crippen LogP contribution < -0.4 is 9.46 Å². The monoisotopic (exact) mass is 562 g/mol. The molecule has 13 nitrogen and oxygen atoms in total. The van der Waals surface area contributed by atoms with Crippen molar-refractivity contribution in [2.45, 2.75) is 45.1 Å². The minimum atomic E-state index is -4.11. The van der Waals surface area contributed by atoms with Crippen molar-refractivity contribution in [3.63, 3.8) is 0 Å². The predicted octanol–water partition coefficient (Wildman–Crippen LogP) is 3.52. The topological polar surface area (TPSA) is 160 Å². The zero-order valence-corrected chi connectivity index (χ0v) is 23.1. The molecule has 0 radical (unpaired) electrons. The van der Waals surface area contributed by atoms with Crippen molar-refractivity contribution in [2.24, 2.45) is 0 Å². The number of halogens is 1. The van der Waals surface area contributed by atoms with E-state index >= 15 is 0 Å². The molecule has 3 unspecified atom stereocenters. The summed E-state index contributed by atoms with van der Waals surface area (Å²) in [5, 5.41) is 11.7. The molecular formula is C23H27ClN8O5S. The molecule has 0 aliphatic rings. The van der Waals surface area contributed by atoms with E-state index in [-0.39, 0.29) is 11.8 Å². The normalized spacial score (nSPS) is 14.2. The van der Waals surface area contributed by atoms with Crippen molar-refractivity contribution in [3.05, 3.63) is 58.5 Å². The largest absolute Gasteiger partial charge is 0.481 e. The molecule has 0 saturated carbocycles. The highest BCUT2D eigenvalue weighted by atomic mass is 35.5. The van der Waals surface area contributed by atoms with Crippen molar-refractivity contribution in [2.75, 3.05) is 18.9 Å². The van der Waals surface area contributed by atoms with Crippen LogP contribution in [0.2, 0.25) is 5.02 Å². The van der Waals surface area contributed by atoms with Crippen molar-refractivity contribution in [1.82, 2.24) is 34.9 Å². The van der Waals surface area contributed by atoms with Crippen molar-refractivity contribution >= 4 is 27.6 Å². The van der Waals surface area contributed by atoms with Crippen LogP contribution in [0.3, 0.4) is 0 Å². The summed E-state index contributed by atoms with van der Waals surface area (Å²) in [4.78, 5) is 12.7. The number of aromatic nitrogens is 7. The van der Waals surface area contributed by atoms with Crippen LogP contribution >= 0.6 is 11.6 Å². The zero-order valence-electron chi connectivity index (χ0n) is 21.6. The van der Waals surface area contributed by atoms with Gasteiger partial charge in [0.25, 0.3) is 0 Å². The second kappa shape index (κ2) is 11.0. The van der Waals surface area contributed by atoms with E-state index in [1.165, 1.54) is 33.5 Å². The van der Waals surface area contributed by atoms with E-state index in [9.17, 15) is 8.42 Å². The van der Waals surface area contributed by atoms with Crippen molar-refractivity contribution in [1.29, 1.82) is 0 Å². The molecule has 0 spiro atoms. The first-order chi connectivity index (χ1) is 18.1. The molecule has 0 bridgehead atoms. The maximum absolute atomic E-state index is 13.6. The molecule has 4 rings (SSSR count). The fourth-order valence-corrected chi connectivity index (χ4v) is 5.37. The van der Waals surface area contributed by atoms with E-state index in [1.807, 2.05) is 6.92 Å². The average Bonchev–Trinajstić information content (AvgIpc) is 3.47. The third-order valence-electron chi connectivity index (χ3n) is 6.05. The van der Waals surface area contributed by atoms with E-state index < -0.39 is 27.4 Å². The number of nitrogens with zero attached hydrogens (tertiary/aromatic N) is 7. The number of aryl methyl sites for hydroxylation is 2. The lowest BCUT2D eigenvalue weighted by Crippen LogP contribution is -2.33. The van der Waals surface area contributed by atoms with Gasteiger partial charge in [-0.15, -0.1) is 10.2 Å². The van der Waals surface area contributed by atoms with Crippen LogP contribution in [0.25, 0.3) is 11.5 Å². The van der Waals surface area contributed by atoms with Gasteiger partial charge in [-0.1, -0.05) is 22.8 Å². The van der Waals surface area contributed by atoms with Crippen LogP contribution in [0.1, 0.15) is 48.8 Å². The molecule has 202 valence electrons. The maximum atomic E-state index is 13.6. The summed E-state index contributed by atoms with van der Waals surface area (Å²) in [5.41, 5.74) is 1.83. The SMILES string of the molecule is COc1cccc(-c2nnc(NS(=O)(=O)C(C)C(OC)c3ncc(Cl)cn3)n2C(C)c2c(C)noc2C)n1. The van der Waals surface area contributed by atoms with Gasteiger partial charge in [-0.2, -0.15) is 0 Å². The molecule has 15 heteroatoms. The highest BCUT2D eigenvalue weighted by Crippen LogP contribution is 2.33. The molecule has 3 atom stereocenters. The van der Waals surface area contributed by atoms with E-state index in [0.717, 1.165) is 5.56 Å². The third kappa shape index (κ3) is 5.33. The van der Waals surface area contributed by atoms with E-state index in [1.54, 1.807) is 36.6 Å². The van der Waals surface area contributed by atoms with Gasteiger partial charge in [0.2, 0.25) is 21.9 Å². The number of methoxy groups -OCH3 is 2. The summed E-state index contributed by atoms with van der Waals surface area (Å²) in [7, 11) is -1.23.